The van der Waals surface area contributed by atoms with Gasteiger partial charge in [0.15, 0.2) is 5.60 Å². The highest BCUT2D eigenvalue weighted by atomic mass is 35.5. The lowest BCUT2D eigenvalue weighted by Crippen LogP contribution is -2.39. The number of rotatable bonds is 8. The van der Waals surface area contributed by atoms with Gasteiger partial charge in [0.2, 0.25) is 0 Å². The van der Waals surface area contributed by atoms with Crippen LogP contribution >= 0.6 is 23.2 Å². The maximum Gasteiger partial charge on any atom is 0.181 e. The molecule has 0 aliphatic carbocycles. The number of benzene rings is 3. The summed E-state index contributed by atoms with van der Waals surface area (Å²) in [6.45, 7) is 0. The molecular weight excluding hydrogens is 503 g/mol. The minimum Gasteiger partial charge on any atom is -0.494 e. The number of aromatic nitrogens is 3. The van der Waals surface area contributed by atoms with Gasteiger partial charge in [0.05, 0.1) is 26.6 Å². The number of ether oxygens (including phenoxy) is 2. The molecule has 0 aliphatic rings. The maximum absolute atomic E-state index is 12.1. The second-order valence-electron chi connectivity index (χ2n) is 7.53. The van der Waals surface area contributed by atoms with Crippen LogP contribution in [-0.2, 0) is 5.60 Å². The highest BCUT2D eigenvalue weighted by molar-refractivity contribution is 6.35. The Balaban J connectivity index is 1.83. The van der Waals surface area contributed by atoms with E-state index in [1.54, 1.807) is 66.9 Å². The van der Waals surface area contributed by atoms with Gasteiger partial charge >= 0.3 is 0 Å². The van der Waals surface area contributed by atoms with E-state index in [9.17, 15) is 5.11 Å². The number of nitrogens with zero attached hydrogens (tertiary/aromatic N) is 5. The summed E-state index contributed by atoms with van der Waals surface area (Å²) in [5.74, 6) is 6.76. The molecule has 0 saturated carbocycles. The van der Waals surface area contributed by atoms with Gasteiger partial charge < -0.3 is 20.4 Å². The number of methoxy groups -OCH3 is 2. The molecule has 9 nitrogen and oxygen atoms in total. The molecule has 3 aromatic carbocycles. The molecule has 0 radical (unpaired) electrons. The summed E-state index contributed by atoms with van der Waals surface area (Å²) in [5, 5.41) is 25.3. The van der Waals surface area contributed by atoms with Crippen LogP contribution in [0.2, 0.25) is 10.0 Å². The molecule has 3 N–H and O–H groups in total. The van der Waals surface area contributed by atoms with Crippen LogP contribution in [0.25, 0.3) is 5.69 Å². The summed E-state index contributed by atoms with van der Waals surface area (Å²) in [4.78, 5) is 4.43. The van der Waals surface area contributed by atoms with E-state index in [1.807, 2.05) is 6.07 Å². The van der Waals surface area contributed by atoms with Gasteiger partial charge in [0, 0.05) is 10.0 Å². The molecule has 4 aromatic rings. The summed E-state index contributed by atoms with van der Waals surface area (Å²) >= 11 is 12.3. The molecule has 0 spiro atoms. The Bertz CT molecular complexity index is 1420. The molecule has 0 aliphatic heterocycles. The molecule has 1 unspecified atom stereocenters. The SMILES string of the molecule is COc1ccc(Cl)cc1N=CC(=NN)C(O)(c1ccccc1)c1cn(-c2cc(Cl)ccc2OC)nn1. The molecule has 11 heteroatoms. The molecule has 0 fully saturated rings. The molecule has 0 amide bonds. The van der Waals surface area contributed by atoms with E-state index < -0.39 is 5.60 Å². The topological polar surface area (TPSA) is 120 Å². The fraction of sp³-hybridized carbons (Fsp3) is 0.120. The lowest BCUT2D eigenvalue weighted by Gasteiger charge is -2.25. The average Bonchev–Trinajstić information content (AvgIpc) is 3.40. The van der Waals surface area contributed by atoms with Crippen molar-refractivity contribution in [1.29, 1.82) is 0 Å². The Labute approximate surface area is 217 Å². The van der Waals surface area contributed by atoms with Crippen LogP contribution in [0.15, 0.2) is 83.0 Å². The van der Waals surface area contributed by atoms with Crippen molar-refractivity contribution in [2.45, 2.75) is 5.60 Å². The van der Waals surface area contributed by atoms with Crippen LogP contribution < -0.4 is 15.3 Å². The Kier molecular flexibility index (Phi) is 7.54. The summed E-state index contributed by atoms with van der Waals surface area (Å²) < 4.78 is 12.2. The Hall–Kier alpha value is -3.92. The third kappa shape index (κ3) is 4.90. The van der Waals surface area contributed by atoms with E-state index in [0.29, 0.717) is 38.5 Å². The number of nitrogens with two attached hydrogens (primary N) is 1. The van der Waals surface area contributed by atoms with Crippen molar-refractivity contribution >= 4 is 40.8 Å². The number of aliphatic imine (C=N–C) groups is 1. The van der Waals surface area contributed by atoms with Gasteiger partial charge in [0.25, 0.3) is 0 Å². The van der Waals surface area contributed by atoms with Gasteiger partial charge in [-0.15, -0.1) is 5.10 Å². The number of halogens is 2. The lowest BCUT2D eigenvalue weighted by atomic mass is 9.86. The summed E-state index contributed by atoms with van der Waals surface area (Å²) in [6, 6.07) is 18.9. The van der Waals surface area contributed by atoms with Crippen molar-refractivity contribution in [2.75, 3.05) is 14.2 Å². The minimum atomic E-state index is -1.91. The van der Waals surface area contributed by atoms with E-state index in [-0.39, 0.29) is 11.4 Å². The fourth-order valence-corrected chi connectivity index (χ4v) is 3.94. The predicted molar refractivity (Wildman–Crippen MR) is 140 cm³/mol. The van der Waals surface area contributed by atoms with E-state index >= 15 is 0 Å². The van der Waals surface area contributed by atoms with Crippen LogP contribution in [0.1, 0.15) is 11.3 Å². The van der Waals surface area contributed by atoms with Crippen LogP contribution in [-0.4, -0.2) is 46.2 Å². The molecular formula is C25H22Cl2N6O3. The molecule has 184 valence electrons. The number of aliphatic hydroxyl groups is 1. The van der Waals surface area contributed by atoms with Crippen molar-refractivity contribution in [1.82, 2.24) is 15.0 Å². The van der Waals surface area contributed by atoms with Crippen molar-refractivity contribution in [2.24, 2.45) is 15.9 Å². The highest BCUT2D eigenvalue weighted by Gasteiger charge is 2.40. The number of hydrogen-bond donors (Lipinski definition) is 2. The fourth-order valence-electron chi connectivity index (χ4n) is 3.61. The highest BCUT2D eigenvalue weighted by Crippen LogP contribution is 2.33. The summed E-state index contributed by atoms with van der Waals surface area (Å²) in [7, 11) is 3.05. The molecule has 0 bridgehead atoms. The largest absolute Gasteiger partial charge is 0.494 e. The molecule has 1 heterocycles. The molecule has 1 atom stereocenters. The van der Waals surface area contributed by atoms with Crippen LogP contribution in [0, 0.1) is 0 Å². The maximum atomic E-state index is 12.1. The molecule has 0 saturated heterocycles. The van der Waals surface area contributed by atoms with Crippen molar-refractivity contribution < 1.29 is 14.6 Å². The number of hydrazone groups is 1. The van der Waals surface area contributed by atoms with E-state index in [4.69, 9.17) is 38.5 Å². The third-order valence-corrected chi connectivity index (χ3v) is 5.89. The molecule has 1 aromatic heterocycles. The van der Waals surface area contributed by atoms with Crippen LogP contribution in [0.4, 0.5) is 5.69 Å². The van der Waals surface area contributed by atoms with E-state index in [1.165, 1.54) is 25.1 Å². The summed E-state index contributed by atoms with van der Waals surface area (Å²) in [5.41, 5.74) is -0.360. The predicted octanol–water partition coefficient (Wildman–Crippen LogP) is 4.54. The monoisotopic (exact) mass is 524 g/mol. The lowest BCUT2D eigenvalue weighted by molar-refractivity contribution is 0.153. The standard InChI is InChI=1S/C25H22Cl2N6O3/c1-35-21-10-8-17(26)12-19(21)29-14-23(30-28)25(34,16-6-4-3-5-7-16)24-15-33(32-31-24)20-13-18(27)9-11-22(20)36-2/h3-15,34H,28H2,1-2H3. The Morgan fingerprint density at radius 3 is 2.33 bits per heavy atom. The van der Waals surface area contributed by atoms with Gasteiger partial charge in [-0.05, 0) is 42.0 Å². The van der Waals surface area contributed by atoms with Gasteiger partial charge in [-0.2, -0.15) is 5.10 Å². The van der Waals surface area contributed by atoms with Crippen LogP contribution in [0.3, 0.4) is 0 Å². The first-order valence-electron chi connectivity index (χ1n) is 10.6. The van der Waals surface area contributed by atoms with Crippen LogP contribution in [0.5, 0.6) is 11.5 Å². The molecule has 36 heavy (non-hydrogen) atoms. The van der Waals surface area contributed by atoms with Gasteiger partial charge in [-0.3, -0.25) is 4.99 Å². The quantitative estimate of drug-likeness (QED) is 0.198. The first kappa shape index (κ1) is 25.2. The second-order valence-corrected chi connectivity index (χ2v) is 8.40. The second kappa shape index (κ2) is 10.8. The number of hydrogen-bond acceptors (Lipinski definition) is 8. The van der Waals surface area contributed by atoms with Gasteiger partial charge in [0.1, 0.15) is 34.3 Å². The van der Waals surface area contributed by atoms with Crippen molar-refractivity contribution in [3.8, 4) is 17.2 Å². The Morgan fingerprint density at radius 2 is 1.67 bits per heavy atom. The normalized spacial score (nSPS) is 13.5. The first-order chi connectivity index (χ1) is 17.4. The smallest absolute Gasteiger partial charge is 0.181 e. The van der Waals surface area contributed by atoms with Crippen molar-refractivity contribution in [3.63, 3.8) is 0 Å². The zero-order valence-corrected chi connectivity index (χ0v) is 20.9. The zero-order chi connectivity index (χ0) is 25.7. The zero-order valence-electron chi connectivity index (χ0n) is 19.3. The summed E-state index contributed by atoms with van der Waals surface area (Å²) in [6.07, 6.45) is 2.88. The van der Waals surface area contributed by atoms with Crippen molar-refractivity contribution in [3.05, 3.63) is 94.2 Å². The third-order valence-electron chi connectivity index (χ3n) is 5.42. The van der Waals surface area contributed by atoms with Gasteiger partial charge in [-0.1, -0.05) is 58.7 Å². The van der Waals surface area contributed by atoms with E-state index in [2.05, 4.69) is 20.4 Å². The first-order valence-corrected chi connectivity index (χ1v) is 11.4. The van der Waals surface area contributed by atoms with Gasteiger partial charge in [-0.25, -0.2) is 4.68 Å². The van der Waals surface area contributed by atoms with E-state index in [0.717, 1.165) is 0 Å². The minimum absolute atomic E-state index is 0.000776. The Morgan fingerprint density at radius 1 is 1.00 bits per heavy atom. The average molecular weight is 525 g/mol. The molecule has 4 rings (SSSR count).